The van der Waals surface area contributed by atoms with E-state index in [1.54, 1.807) is 4.90 Å². The Labute approximate surface area is 191 Å². The van der Waals surface area contributed by atoms with Gasteiger partial charge in [0.1, 0.15) is 9.84 Å². The Hall–Kier alpha value is -2.80. The van der Waals surface area contributed by atoms with Crippen LogP contribution in [0.4, 0.5) is 14.5 Å². The van der Waals surface area contributed by atoms with Crippen LogP contribution in [0.3, 0.4) is 0 Å². The number of hydrogen-bond donors (Lipinski definition) is 0. The first-order valence-corrected chi connectivity index (χ1v) is 12.9. The Morgan fingerprint density at radius 3 is 2.33 bits per heavy atom. The van der Waals surface area contributed by atoms with E-state index in [1.807, 2.05) is 11.8 Å². The Morgan fingerprint density at radius 2 is 1.76 bits per heavy atom. The van der Waals surface area contributed by atoms with Gasteiger partial charge in [-0.25, -0.2) is 17.2 Å². The van der Waals surface area contributed by atoms with Crippen LogP contribution < -0.4 is 4.90 Å². The average Bonchev–Trinajstić information content (AvgIpc) is 2.79. The first-order chi connectivity index (χ1) is 15.5. The molecule has 3 heterocycles. The van der Waals surface area contributed by atoms with Crippen molar-refractivity contribution in [3.8, 4) is 6.07 Å². The van der Waals surface area contributed by atoms with Gasteiger partial charge in [0, 0.05) is 50.1 Å². The van der Waals surface area contributed by atoms with Gasteiger partial charge in [0.25, 0.3) is 5.91 Å². The van der Waals surface area contributed by atoms with E-state index >= 15 is 0 Å². The number of carbonyl (C=O) groups is 1. The summed E-state index contributed by atoms with van der Waals surface area (Å²) in [6.07, 6.45) is 4.45. The summed E-state index contributed by atoms with van der Waals surface area (Å²) in [4.78, 5) is 21.2. The smallest absolute Gasteiger partial charge is 0.257 e. The number of piperidine rings is 2. The summed E-state index contributed by atoms with van der Waals surface area (Å²) in [5.74, 6) is -2.36. The second-order valence-corrected chi connectivity index (χ2v) is 11.6. The maximum atomic E-state index is 14.2. The van der Waals surface area contributed by atoms with E-state index < -0.39 is 32.1 Å². The highest BCUT2D eigenvalue weighted by Gasteiger charge is 2.34. The number of halogens is 2. The fourth-order valence-electron chi connectivity index (χ4n) is 4.66. The van der Waals surface area contributed by atoms with Crippen molar-refractivity contribution in [2.75, 3.05) is 37.3 Å². The maximum absolute atomic E-state index is 14.2. The zero-order chi connectivity index (χ0) is 24.0. The van der Waals surface area contributed by atoms with Crippen LogP contribution in [0.1, 0.15) is 43.0 Å². The molecular formula is C23H26F2N4O3S. The predicted octanol–water partition coefficient (Wildman–Crippen LogP) is 3.29. The quantitative estimate of drug-likeness (QED) is 0.675. The Morgan fingerprint density at radius 1 is 1.15 bits per heavy atom. The molecular weight excluding hydrogens is 450 g/mol. The standard InChI is InChI=1S/C23H26F2N4O3S/c1-23(14-26)5-9-28(10-6-23)21-16-11-18(24)19(25)12-20(16)27-13-17(21)22(30)29-7-3-15(4-8-29)33(2,31)32/h11-13,15H,3-10H2,1-2H3. The molecule has 4 rings (SSSR count). The van der Waals surface area contributed by atoms with E-state index in [2.05, 4.69) is 11.1 Å². The van der Waals surface area contributed by atoms with Gasteiger partial charge in [-0.1, -0.05) is 0 Å². The number of sulfone groups is 1. The second kappa shape index (κ2) is 8.52. The lowest BCUT2D eigenvalue weighted by molar-refractivity contribution is 0.0726. The van der Waals surface area contributed by atoms with E-state index in [1.165, 1.54) is 12.5 Å². The van der Waals surface area contributed by atoms with E-state index in [0.717, 1.165) is 12.1 Å². The van der Waals surface area contributed by atoms with Gasteiger partial charge in [0.05, 0.1) is 33.5 Å². The van der Waals surface area contributed by atoms with Gasteiger partial charge in [-0.05, 0) is 38.7 Å². The molecule has 0 atom stereocenters. The summed E-state index contributed by atoms with van der Waals surface area (Å²) in [6, 6.07) is 4.42. The van der Waals surface area contributed by atoms with Crippen molar-refractivity contribution >= 4 is 32.3 Å². The van der Waals surface area contributed by atoms with Crippen molar-refractivity contribution in [1.82, 2.24) is 9.88 Å². The van der Waals surface area contributed by atoms with Crippen LogP contribution in [0.5, 0.6) is 0 Å². The second-order valence-electron chi connectivity index (χ2n) is 9.28. The average molecular weight is 477 g/mol. The number of carbonyl (C=O) groups excluding carboxylic acids is 1. The summed E-state index contributed by atoms with van der Waals surface area (Å²) in [6.45, 7) is 3.44. The SMILES string of the molecule is CC1(C#N)CCN(c2c(C(=O)N3CCC(S(C)(=O)=O)CC3)cnc3cc(F)c(F)cc23)CC1. The number of hydrogen-bond acceptors (Lipinski definition) is 6. The van der Waals surface area contributed by atoms with E-state index in [9.17, 15) is 27.3 Å². The topological polar surface area (TPSA) is 94.4 Å². The van der Waals surface area contributed by atoms with E-state index in [-0.39, 0.29) is 17.0 Å². The number of likely N-dealkylation sites (tertiary alicyclic amines) is 1. The number of fused-ring (bicyclic) bond motifs is 1. The fourth-order valence-corrected chi connectivity index (χ4v) is 5.73. The molecule has 2 aromatic rings. The minimum atomic E-state index is -3.18. The normalized spacial score (nSPS) is 19.5. The molecule has 176 valence electrons. The molecule has 2 aliphatic heterocycles. The van der Waals surface area contributed by atoms with Gasteiger partial charge < -0.3 is 9.80 Å². The monoisotopic (exact) mass is 476 g/mol. The van der Waals surface area contributed by atoms with Gasteiger partial charge in [-0.3, -0.25) is 9.78 Å². The highest BCUT2D eigenvalue weighted by atomic mass is 32.2. The third-order valence-electron chi connectivity index (χ3n) is 6.90. The van der Waals surface area contributed by atoms with Crippen molar-refractivity contribution in [2.45, 2.75) is 37.9 Å². The molecule has 0 unspecified atom stereocenters. The zero-order valence-corrected chi connectivity index (χ0v) is 19.5. The highest BCUT2D eigenvalue weighted by molar-refractivity contribution is 7.91. The summed E-state index contributed by atoms with van der Waals surface area (Å²) in [5, 5.41) is 9.33. The summed E-state index contributed by atoms with van der Waals surface area (Å²) in [5.41, 5.74) is 0.514. The van der Waals surface area contributed by atoms with Gasteiger partial charge in [-0.2, -0.15) is 5.26 Å². The minimum absolute atomic E-state index is 0.241. The molecule has 0 bridgehead atoms. The molecule has 0 spiro atoms. The van der Waals surface area contributed by atoms with Gasteiger partial charge in [-0.15, -0.1) is 0 Å². The first kappa shape index (κ1) is 23.4. The van der Waals surface area contributed by atoms with E-state index in [0.29, 0.717) is 62.9 Å². The Balaban J connectivity index is 1.72. The summed E-state index contributed by atoms with van der Waals surface area (Å²) in [7, 11) is -3.18. The van der Waals surface area contributed by atoms with Crippen molar-refractivity contribution in [3.05, 3.63) is 35.5 Å². The predicted molar refractivity (Wildman–Crippen MR) is 121 cm³/mol. The molecule has 2 saturated heterocycles. The number of nitrogens with zero attached hydrogens (tertiary/aromatic N) is 4. The number of benzene rings is 1. The molecule has 10 heteroatoms. The molecule has 0 aliphatic carbocycles. The molecule has 0 N–H and O–H groups in total. The molecule has 7 nitrogen and oxygen atoms in total. The molecule has 1 aromatic carbocycles. The number of rotatable bonds is 3. The lowest BCUT2D eigenvalue weighted by Gasteiger charge is -2.38. The summed E-state index contributed by atoms with van der Waals surface area (Å²) >= 11 is 0. The Kier molecular flexibility index (Phi) is 6.03. The minimum Gasteiger partial charge on any atom is -0.370 e. The van der Waals surface area contributed by atoms with Gasteiger partial charge >= 0.3 is 0 Å². The molecule has 2 aliphatic rings. The molecule has 33 heavy (non-hydrogen) atoms. The van der Waals surface area contributed by atoms with E-state index in [4.69, 9.17) is 0 Å². The Bertz CT molecular complexity index is 1240. The van der Waals surface area contributed by atoms with Crippen molar-refractivity contribution in [3.63, 3.8) is 0 Å². The molecule has 1 amide bonds. The molecule has 1 aromatic heterocycles. The van der Waals surface area contributed by atoms with Gasteiger partial charge in [0.15, 0.2) is 11.6 Å². The molecule has 2 fully saturated rings. The highest BCUT2D eigenvalue weighted by Crippen LogP contribution is 2.38. The van der Waals surface area contributed by atoms with Crippen LogP contribution in [0.25, 0.3) is 10.9 Å². The number of nitriles is 1. The lowest BCUT2D eigenvalue weighted by Crippen LogP contribution is -2.43. The van der Waals surface area contributed by atoms with Crippen molar-refractivity contribution in [2.24, 2.45) is 5.41 Å². The third kappa shape index (κ3) is 4.51. The number of pyridine rings is 1. The van der Waals surface area contributed by atoms with Crippen LogP contribution in [0.2, 0.25) is 0 Å². The number of amides is 1. The third-order valence-corrected chi connectivity index (χ3v) is 8.58. The van der Waals surface area contributed by atoms with Crippen LogP contribution in [0.15, 0.2) is 18.3 Å². The zero-order valence-electron chi connectivity index (χ0n) is 18.6. The lowest BCUT2D eigenvalue weighted by atomic mass is 9.81. The summed E-state index contributed by atoms with van der Waals surface area (Å²) < 4.78 is 51.8. The van der Waals surface area contributed by atoms with Crippen molar-refractivity contribution in [1.29, 1.82) is 5.26 Å². The number of aromatic nitrogens is 1. The largest absolute Gasteiger partial charge is 0.370 e. The van der Waals surface area contributed by atoms with Crippen LogP contribution >= 0.6 is 0 Å². The van der Waals surface area contributed by atoms with Crippen LogP contribution in [-0.2, 0) is 9.84 Å². The van der Waals surface area contributed by atoms with Gasteiger partial charge in [0.2, 0.25) is 0 Å². The molecule has 0 saturated carbocycles. The first-order valence-electron chi connectivity index (χ1n) is 10.9. The maximum Gasteiger partial charge on any atom is 0.257 e. The van der Waals surface area contributed by atoms with Crippen LogP contribution in [-0.4, -0.2) is 61.9 Å². The number of anilines is 1. The molecule has 0 radical (unpaired) electrons. The fraction of sp³-hybridized carbons (Fsp3) is 0.522. The van der Waals surface area contributed by atoms with Crippen LogP contribution in [0, 0.1) is 28.4 Å². The van der Waals surface area contributed by atoms with Crippen molar-refractivity contribution < 1.29 is 22.0 Å².